The summed E-state index contributed by atoms with van der Waals surface area (Å²) in [7, 11) is 1.80. The van der Waals surface area contributed by atoms with Crippen LogP contribution in [0.2, 0.25) is 0 Å². The van der Waals surface area contributed by atoms with Crippen molar-refractivity contribution >= 4 is 34.1 Å². The molecular formula is C16H16BrN7OS. The monoisotopic (exact) mass is 433 g/mol. The zero-order chi connectivity index (χ0) is 18.3. The van der Waals surface area contributed by atoms with Gasteiger partial charge in [0.2, 0.25) is 0 Å². The number of nitrogens with zero attached hydrogens (tertiary/aromatic N) is 5. The number of carbonyl (C=O) groups is 1. The fraction of sp³-hybridized carbons (Fsp3) is 0.312. The summed E-state index contributed by atoms with van der Waals surface area (Å²) in [5.41, 5.74) is 2.11. The molecule has 2 aromatic heterocycles. The molecule has 134 valence electrons. The van der Waals surface area contributed by atoms with E-state index in [0.29, 0.717) is 22.2 Å². The van der Waals surface area contributed by atoms with Crippen LogP contribution in [0, 0.1) is 4.77 Å². The molecule has 26 heavy (non-hydrogen) atoms. The first-order chi connectivity index (χ1) is 12.5. The molecule has 1 aliphatic rings. The van der Waals surface area contributed by atoms with Crippen LogP contribution >= 0.6 is 28.1 Å². The third kappa shape index (κ3) is 3.21. The Morgan fingerprint density at radius 2 is 2.12 bits per heavy atom. The maximum absolute atomic E-state index is 12.7. The Kier molecular flexibility index (Phi) is 4.45. The predicted octanol–water partition coefficient (Wildman–Crippen LogP) is 2.63. The summed E-state index contributed by atoms with van der Waals surface area (Å²) in [6, 6.07) is 7.77. The van der Waals surface area contributed by atoms with E-state index in [1.165, 1.54) is 0 Å². The number of rotatable bonds is 5. The molecule has 0 bridgehead atoms. The minimum atomic E-state index is -0.260. The van der Waals surface area contributed by atoms with Crippen LogP contribution < -0.4 is 5.32 Å². The van der Waals surface area contributed by atoms with Crippen molar-refractivity contribution in [3.63, 3.8) is 0 Å². The van der Waals surface area contributed by atoms with Gasteiger partial charge in [-0.15, -0.1) is 5.10 Å². The van der Waals surface area contributed by atoms with Gasteiger partial charge in [-0.05, 0) is 49.3 Å². The zero-order valence-electron chi connectivity index (χ0n) is 13.9. The topological polar surface area (TPSA) is 93.4 Å². The number of hydrogen-bond acceptors (Lipinski definition) is 5. The molecule has 10 heteroatoms. The minimum absolute atomic E-state index is 0.260. The summed E-state index contributed by atoms with van der Waals surface area (Å²) in [4.78, 5) is 12.7. The highest BCUT2D eigenvalue weighted by atomic mass is 79.9. The number of H-pyrrole nitrogens is 1. The van der Waals surface area contributed by atoms with Gasteiger partial charge in [-0.25, -0.2) is 4.68 Å². The first kappa shape index (κ1) is 17.1. The molecule has 1 fully saturated rings. The van der Waals surface area contributed by atoms with Crippen LogP contribution in [-0.4, -0.2) is 35.7 Å². The minimum Gasteiger partial charge on any atom is -0.343 e. The first-order valence-corrected chi connectivity index (χ1v) is 9.34. The fourth-order valence-electron chi connectivity index (χ4n) is 2.73. The van der Waals surface area contributed by atoms with Crippen molar-refractivity contribution in [2.75, 3.05) is 0 Å². The van der Waals surface area contributed by atoms with Crippen molar-refractivity contribution in [1.82, 2.24) is 35.1 Å². The molecule has 4 rings (SSSR count). The quantitative estimate of drug-likeness (QED) is 0.603. The summed E-state index contributed by atoms with van der Waals surface area (Å²) in [5, 5.41) is 18.0. The molecule has 2 N–H and O–H groups in total. The number of carbonyl (C=O) groups excluding carboxylic acids is 1. The highest BCUT2D eigenvalue weighted by molar-refractivity contribution is 9.10. The highest BCUT2D eigenvalue weighted by Gasteiger charge is 2.34. The Balaban J connectivity index is 1.60. The Bertz CT molecular complexity index is 1020. The van der Waals surface area contributed by atoms with Crippen LogP contribution in [0.4, 0.5) is 0 Å². The molecular weight excluding hydrogens is 418 g/mol. The zero-order valence-corrected chi connectivity index (χ0v) is 16.3. The number of benzene rings is 1. The third-order valence-corrected chi connectivity index (χ3v) is 5.23. The van der Waals surface area contributed by atoms with E-state index >= 15 is 0 Å². The molecule has 0 aliphatic heterocycles. The van der Waals surface area contributed by atoms with Gasteiger partial charge >= 0.3 is 0 Å². The molecule has 1 amide bonds. The maximum atomic E-state index is 12.7. The standard InChI is InChI=1S/C16H16BrN7OS/c1-23-12(19-21-16(23)26)8-18-15(25)13-14(9-2-3-9)24(22-20-13)11-6-4-10(17)5-7-11/h4-7,9H,2-3,8H2,1H3,(H,18,25)(H,21,26). The summed E-state index contributed by atoms with van der Waals surface area (Å²) < 4.78 is 4.97. The van der Waals surface area contributed by atoms with Gasteiger partial charge in [0.15, 0.2) is 16.3 Å². The third-order valence-electron chi connectivity index (χ3n) is 4.33. The normalized spacial score (nSPS) is 13.8. The summed E-state index contributed by atoms with van der Waals surface area (Å²) in [6.07, 6.45) is 2.08. The Morgan fingerprint density at radius 3 is 2.73 bits per heavy atom. The summed E-state index contributed by atoms with van der Waals surface area (Å²) in [6.45, 7) is 0.262. The Morgan fingerprint density at radius 1 is 1.38 bits per heavy atom. The predicted molar refractivity (Wildman–Crippen MR) is 101 cm³/mol. The van der Waals surface area contributed by atoms with Gasteiger partial charge < -0.3 is 9.88 Å². The smallest absolute Gasteiger partial charge is 0.274 e. The van der Waals surface area contributed by atoms with Crippen LogP contribution in [0.1, 0.15) is 40.8 Å². The van der Waals surface area contributed by atoms with Gasteiger partial charge in [0.05, 0.1) is 17.9 Å². The summed E-state index contributed by atoms with van der Waals surface area (Å²) in [5.74, 6) is 0.705. The SMILES string of the molecule is Cn1c(CNC(=O)c2nnn(-c3ccc(Br)cc3)c2C2CC2)n[nH]c1=S. The summed E-state index contributed by atoms with van der Waals surface area (Å²) >= 11 is 8.51. The second-order valence-electron chi connectivity index (χ2n) is 6.17. The second kappa shape index (κ2) is 6.76. The largest absolute Gasteiger partial charge is 0.343 e. The van der Waals surface area contributed by atoms with E-state index in [-0.39, 0.29) is 12.5 Å². The molecule has 8 nitrogen and oxygen atoms in total. The lowest BCUT2D eigenvalue weighted by Gasteiger charge is -2.08. The van der Waals surface area contributed by atoms with E-state index in [2.05, 4.69) is 41.8 Å². The van der Waals surface area contributed by atoms with Crippen LogP contribution in [0.15, 0.2) is 28.7 Å². The molecule has 0 radical (unpaired) electrons. The molecule has 1 saturated carbocycles. The van der Waals surface area contributed by atoms with E-state index in [0.717, 1.165) is 28.7 Å². The van der Waals surface area contributed by atoms with Crippen molar-refractivity contribution in [3.8, 4) is 5.69 Å². The average Bonchev–Trinajstić information content (AvgIpc) is 3.31. The highest BCUT2D eigenvalue weighted by Crippen LogP contribution is 2.42. The molecule has 0 atom stereocenters. The molecule has 0 saturated heterocycles. The van der Waals surface area contributed by atoms with Crippen LogP contribution in [0.3, 0.4) is 0 Å². The lowest BCUT2D eigenvalue weighted by Crippen LogP contribution is -2.26. The van der Waals surface area contributed by atoms with Gasteiger partial charge in [-0.2, -0.15) is 5.10 Å². The van der Waals surface area contributed by atoms with Gasteiger partial charge in [-0.1, -0.05) is 21.1 Å². The molecule has 1 aliphatic carbocycles. The number of aromatic nitrogens is 6. The molecule has 1 aromatic carbocycles. The number of halogens is 1. The van der Waals surface area contributed by atoms with Crippen LogP contribution in [-0.2, 0) is 13.6 Å². The maximum Gasteiger partial charge on any atom is 0.274 e. The van der Waals surface area contributed by atoms with Crippen molar-refractivity contribution in [1.29, 1.82) is 0 Å². The van der Waals surface area contributed by atoms with E-state index in [1.807, 2.05) is 24.3 Å². The lowest BCUT2D eigenvalue weighted by molar-refractivity contribution is 0.0943. The molecule has 0 spiro atoms. The fourth-order valence-corrected chi connectivity index (χ4v) is 3.14. The van der Waals surface area contributed by atoms with E-state index in [1.54, 1.807) is 16.3 Å². The van der Waals surface area contributed by atoms with Gasteiger partial charge in [-0.3, -0.25) is 9.89 Å². The van der Waals surface area contributed by atoms with Crippen molar-refractivity contribution < 1.29 is 4.79 Å². The number of amides is 1. The number of nitrogens with one attached hydrogen (secondary N) is 2. The van der Waals surface area contributed by atoms with E-state index < -0.39 is 0 Å². The van der Waals surface area contributed by atoms with Crippen molar-refractivity contribution in [2.45, 2.75) is 25.3 Å². The van der Waals surface area contributed by atoms with Gasteiger partial charge in [0.25, 0.3) is 5.91 Å². The lowest BCUT2D eigenvalue weighted by atomic mass is 10.2. The first-order valence-electron chi connectivity index (χ1n) is 8.14. The van der Waals surface area contributed by atoms with Gasteiger partial charge in [0.1, 0.15) is 0 Å². The van der Waals surface area contributed by atoms with Crippen molar-refractivity contribution in [3.05, 3.63) is 50.7 Å². The van der Waals surface area contributed by atoms with Crippen LogP contribution in [0.25, 0.3) is 5.69 Å². The second-order valence-corrected chi connectivity index (χ2v) is 7.47. The molecule has 3 aromatic rings. The molecule has 0 unspecified atom stereocenters. The van der Waals surface area contributed by atoms with Gasteiger partial charge in [0, 0.05) is 17.4 Å². The molecule has 2 heterocycles. The van der Waals surface area contributed by atoms with Crippen LogP contribution in [0.5, 0.6) is 0 Å². The Labute approximate surface area is 162 Å². The number of hydrogen-bond donors (Lipinski definition) is 2. The average molecular weight is 434 g/mol. The van der Waals surface area contributed by atoms with E-state index in [4.69, 9.17) is 12.2 Å². The number of aromatic amines is 1. The van der Waals surface area contributed by atoms with E-state index in [9.17, 15) is 4.79 Å². The van der Waals surface area contributed by atoms with Crippen molar-refractivity contribution in [2.24, 2.45) is 7.05 Å². The Hall–Kier alpha value is -2.33.